The van der Waals surface area contributed by atoms with E-state index in [0.29, 0.717) is 18.4 Å². The fourth-order valence-corrected chi connectivity index (χ4v) is 3.13. The van der Waals surface area contributed by atoms with Crippen LogP contribution < -0.4 is 5.32 Å². The van der Waals surface area contributed by atoms with Crippen molar-refractivity contribution in [2.45, 2.75) is 38.3 Å². The van der Waals surface area contributed by atoms with Gasteiger partial charge in [0.05, 0.1) is 24.5 Å². The first-order valence-corrected chi connectivity index (χ1v) is 6.71. The van der Waals surface area contributed by atoms with E-state index < -0.39 is 5.97 Å². The van der Waals surface area contributed by atoms with Crippen molar-refractivity contribution in [3.8, 4) is 0 Å². The van der Waals surface area contributed by atoms with Gasteiger partial charge in [0.25, 0.3) is 0 Å². The Bertz CT molecular complexity index is 383. The number of ether oxygens (including phenoxy) is 1. The lowest BCUT2D eigenvalue weighted by atomic mass is 10.1. The summed E-state index contributed by atoms with van der Waals surface area (Å²) in [5, 5.41) is 11.9. The van der Waals surface area contributed by atoms with Gasteiger partial charge in [-0.15, -0.1) is 0 Å². The monoisotopic (exact) mass is 253 g/mol. The maximum Gasteiger partial charge on any atom is 0.306 e. The summed E-state index contributed by atoms with van der Waals surface area (Å²) >= 11 is 0. The van der Waals surface area contributed by atoms with Gasteiger partial charge in [0.1, 0.15) is 0 Å². The number of hydrogen-bond donors (Lipinski definition) is 2. The van der Waals surface area contributed by atoms with E-state index in [-0.39, 0.29) is 29.9 Å². The molecule has 1 saturated heterocycles. The molecular weight excluding hydrogens is 234 g/mol. The molecule has 6 atom stereocenters. The first-order valence-electron chi connectivity index (χ1n) is 6.71. The SMILES string of the molecule is CC1CC(C(=O)N[C@@H]2C[C@@H]2[C@@H]2C[C@@H]2C(=O)O)CO1. The van der Waals surface area contributed by atoms with Crippen LogP contribution in [0.4, 0.5) is 0 Å². The molecule has 100 valence electrons. The van der Waals surface area contributed by atoms with Gasteiger partial charge in [-0.05, 0) is 38.0 Å². The maximum absolute atomic E-state index is 11.9. The molecule has 3 rings (SSSR count). The summed E-state index contributed by atoms with van der Waals surface area (Å²) < 4.78 is 5.39. The number of nitrogens with one attached hydrogen (secondary N) is 1. The van der Waals surface area contributed by atoms with Crippen molar-refractivity contribution >= 4 is 11.9 Å². The highest BCUT2D eigenvalue weighted by molar-refractivity contribution is 5.80. The largest absolute Gasteiger partial charge is 0.481 e. The van der Waals surface area contributed by atoms with Crippen LogP contribution in [-0.4, -0.2) is 35.7 Å². The Kier molecular flexibility index (Phi) is 2.81. The van der Waals surface area contributed by atoms with Gasteiger partial charge in [0.2, 0.25) is 5.91 Å². The first-order chi connectivity index (χ1) is 8.56. The quantitative estimate of drug-likeness (QED) is 0.771. The van der Waals surface area contributed by atoms with E-state index in [0.717, 1.165) is 19.3 Å². The van der Waals surface area contributed by atoms with Crippen molar-refractivity contribution < 1.29 is 19.4 Å². The van der Waals surface area contributed by atoms with Gasteiger partial charge < -0.3 is 15.2 Å². The second-order valence-electron chi connectivity index (χ2n) is 5.94. The van der Waals surface area contributed by atoms with E-state index in [1.165, 1.54) is 0 Å². The molecule has 3 fully saturated rings. The lowest BCUT2D eigenvalue weighted by molar-refractivity contribution is -0.138. The van der Waals surface area contributed by atoms with E-state index in [4.69, 9.17) is 9.84 Å². The highest BCUT2D eigenvalue weighted by atomic mass is 16.5. The molecule has 2 N–H and O–H groups in total. The number of carbonyl (C=O) groups excluding carboxylic acids is 1. The second-order valence-corrected chi connectivity index (χ2v) is 5.94. The highest BCUT2D eigenvalue weighted by Crippen LogP contribution is 2.54. The van der Waals surface area contributed by atoms with Gasteiger partial charge in [0, 0.05) is 6.04 Å². The predicted octanol–water partition coefficient (Wildman–Crippen LogP) is 0.637. The van der Waals surface area contributed by atoms with Crippen LogP contribution in [0.5, 0.6) is 0 Å². The van der Waals surface area contributed by atoms with E-state index >= 15 is 0 Å². The molecule has 0 bridgehead atoms. The van der Waals surface area contributed by atoms with Crippen molar-refractivity contribution in [1.82, 2.24) is 5.32 Å². The van der Waals surface area contributed by atoms with Crippen LogP contribution >= 0.6 is 0 Å². The Morgan fingerprint density at radius 1 is 1.22 bits per heavy atom. The zero-order valence-electron chi connectivity index (χ0n) is 10.5. The van der Waals surface area contributed by atoms with Crippen molar-refractivity contribution in [2.24, 2.45) is 23.7 Å². The predicted molar refractivity (Wildman–Crippen MR) is 62.8 cm³/mol. The molecule has 1 heterocycles. The zero-order valence-corrected chi connectivity index (χ0v) is 10.5. The van der Waals surface area contributed by atoms with Crippen LogP contribution in [0.15, 0.2) is 0 Å². The molecular formula is C13H19NO4. The van der Waals surface area contributed by atoms with E-state index in [2.05, 4.69) is 5.32 Å². The average molecular weight is 253 g/mol. The molecule has 5 nitrogen and oxygen atoms in total. The Morgan fingerprint density at radius 3 is 2.56 bits per heavy atom. The molecule has 1 amide bonds. The minimum absolute atomic E-state index is 0.0178. The smallest absolute Gasteiger partial charge is 0.306 e. The number of rotatable bonds is 4. The third-order valence-corrected chi connectivity index (χ3v) is 4.44. The maximum atomic E-state index is 11.9. The fraction of sp³-hybridized carbons (Fsp3) is 0.846. The highest BCUT2D eigenvalue weighted by Gasteiger charge is 2.57. The van der Waals surface area contributed by atoms with Crippen LogP contribution in [0, 0.1) is 23.7 Å². The fourth-order valence-electron chi connectivity index (χ4n) is 3.13. The number of aliphatic carboxylic acids is 1. The molecule has 0 aromatic rings. The van der Waals surface area contributed by atoms with Gasteiger partial charge >= 0.3 is 5.97 Å². The summed E-state index contributed by atoms with van der Waals surface area (Å²) in [5.41, 5.74) is 0. The molecule has 0 aromatic heterocycles. The molecule has 5 heteroatoms. The summed E-state index contributed by atoms with van der Waals surface area (Å²) in [5.74, 6) is -0.0850. The Balaban J connectivity index is 1.43. The van der Waals surface area contributed by atoms with Crippen molar-refractivity contribution in [3.63, 3.8) is 0 Å². The standard InChI is InChI=1S/C13H19NO4/c1-6-2-7(5-18-6)12(15)14-11-4-9(11)8-3-10(8)13(16)17/h6-11H,2-5H2,1H3,(H,14,15)(H,16,17)/t6?,7?,8-,9+,10-,11+/m0/s1. The van der Waals surface area contributed by atoms with Gasteiger partial charge in [-0.1, -0.05) is 0 Å². The Hall–Kier alpha value is -1.10. The summed E-state index contributed by atoms with van der Waals surface area (Å²) in [6.45, 7) is 2.50. The van der Waals surface area contributed by atoms with E-state index in [9.17, 15) is 9.59 Å². The van der Waals surface area contributed by atoms with Crippen LogP contribution in [-0.2, 0) is 14.3 Å². The minimum atomic E-state index is -0.685. The second kappa shape index (κ2) is 4.23. The van der Waals surface area contributed by atoms with Crippen molar-refractivity contribution in [1.29, 1.82) is 0 Å². The average Bonchev–Trinajstić information content (AvgIpc) is 3.17. The lowest BCUT2D eigenvalue weighted by Gasteiger charge is -2.08. The molecule has 2 aliphatic carbocycles. The number of amides is 1. The zero-order chi connectivity index (χ0) is 12.9. The normalized spacial score (nSPS) is 45.6. The third kappa shape index (κ3) is 2.23. The molecule has 2 unspecified atom stereocenters. The third-order valence-electron chi connectivity index (χ3n) is 4.44. The number of carboxylic acid groups (broad SMARTS) is 1. The Labute approximate surface area is 106 Å². The molecule has 0 aromatic carbocycles. The summed E-state index contributed by atoms with van der Waals surface area (Å²) in [6, 6.07) is 0.211. The van der Waals surface area contributed by atoms with Crippen LogP contribution in [0.3, 0.4) is 0 Å². The number of hydrogen-bond acceptors (Lipinski definition) is 3. The van der Waals surface area contributed by atoms with Gasteiger partial charge in [-0.3, -0.25) is 9.59 Å². The molecule has 18 heavy (non-hydrogen) atoms. The van der Waals surface area contributed by atoms with Gasteiger partial charge in [-0.25, -0.2) is 0 Å². The van der Waals surface area contributed by atoms with E-state index in [1.807, 2.05) is 6.92 Å². The van der Waals surface area contributed by atoms with Crippen LogP contribution in [0.25, 0.3) is 0 Å². The van der Waals surface area contributed by atoms with Crippen LogP contribution in [0.2, 0.25) is 0 Å². The van der Waals surface area contributed by atoms with E-state index in [1.54, 1.807) is 0 Å². The number of carbonyl (C=O) groups is 2. The summed E-state index contributed by atoms with van der Waals surface area (Å²) in [7, 11) is 0. The summed E-state index contributed by atoms with van der Waals surface area (Å²) in [6.07, 6.45) is 2.71. The van der Waals surface area contributed by atoms with Crippen molar-refractivity contribution in [3.05, 3.63) is 0 Å². The molecule has 1 aliphatic heterocycles. The first kappa shape index (κ1) is 12.0. The Morgan fingerprint density at radius 2 is 2.00 bits per heavy atom. The molecule has 0 spiro atoms. The summed E-state index contributed by atoms with van der Waals surface area (Å²) in [4.78, 5) is 22.7. The molecule has 3 aliphatic rings. The van der Waals surface area contributed by atoms with Gasteiger partial charge in [0.15, 0.2) is 0 Å². The molecule has 2 saturated carbocycles. The van der Waals surface area contributed by atoms with Crippen molar-refractivity contribution in [2.75, 3.05) is 6.61 Å². The minimum Gasteiger partial charge on any atom is -0.481 e. The molecule has 0 radical (unpaired) electrons. The van der Waals surface area contributed by atoms with Crippen LogP contribution in [0.1, 0.15) is 26.2 Å². The number of carboxylic acids is 1. The van der Waals surface area contributed by atoms with Gasteiger partial charge in [-0.2, -0.15) is 0 Å². The topological polar surface area (TPSA) is 75.6 Å². The lowest BCUT2D eigenvalue weighted by Crippen LogP contribution is -2.33.